The molecule has 2 N–H and O–H groups in total. The van der Waals surface area contributed by atoms with Gasteiger partial charge in [-0.15, -0.1) is 0 Å². The third kappa shape index (κ3) is 4.36. The van der Waals surface area contributed by atoms with Gasteiger partial charge in [0.2, 0.25) is 0 Å². The number of ether oxygens (including phenoxy) is 1. The molecular formula is C18H16ClN3O2S. The molecule has 0 spiro atoms. The lowest BCUT2D eigenvalue weighted by Gasteiger charge is -2.17. The Bertz CT molecular complexity index is 831. The highest BCUT2D eigenvalue weighted by molar-refractivity contribution is 8.01. The van der Waals surface area contributed by atoms with Crippen LogP contribution in [0.25, 0.3) is 11.3 Å². The molecule has 1 aromatic heterocycles. The van der Waals surface area contributed by atoms with Gasteiger partial charge in [-0.05, 0) is 42.5 Å². The van der Waals surface area contributed by atoms with Gasteiger partial charge in [-0.2, -0.15) is 4.47 Å². The monoisotopic (exact) mass is 373 g/mol. The molecule has 0 radical (unpaired) electrons. The highest BCUT2D eigenvalue weighted by atomic mass is 35.5. The smallest absolute Gasteiger partial charge is 0.142 e. The summed E-state index contributed by atoms with van der Waals surface area (Å²) in [4.78, 5) is 4.31. The topological polar surface area (TPSA) is 57.6 Å². The lowest BCUT2D eigenvalue weighted by Crippen LogP contribution is -2.11. The fourth-order valence-corrected chi connectivity index (χ4v) is 2.94. The Morgan fingerprint density at radius 3 is 2.60 bits per heavy atom. The quantitative estimate of drug-likeness (QED) is 0.452. The van der Waals surface area contributed by atoms with Crippen LogP contribution in [0.4, 0.5) is 11.4 Å². The van der Waals surface area contributed by atoms with Crippen molar-refractivity contribution < 1.29 is 9.94 Å². The first-order valence-electron chi connectivity index (χ1n) is 7.44. The molecule has 0 atom stereocenters. The summed E-state index contributed by atoms with van der Waals surface area (Å²) in [7, 11) is 1.58. The van der Waals surface area contributed by atoms with E-state index in [1.165, 1.54) is 0 Å². The molecule has 3 aromatic rings. The Balaban J connectivity index is 1.68. The number of nitrogens with one attached hydrogen (secondary N) is 1. The Hall–Kier alpha value is -2.41. The van der Waals surface area contributed by atoms with E-state index >= 15 is 0 Å². The lowest BCUT2D eigenvalue weighted by molar-refractivity contribution is 0.332. The van der Waals surface area contributed by atoms with Crippen molar-refractivity contribution in [2.45, 2.75) is 0 Å². The van der Waals surface area contributed by atoms with Crippen LogP contribution in [0.2, 0.25) is 5.02 Å². The molecule has 0 bridgehead atoms. The summed E-state index contributed by atoms with van der Waals surface area (Å²) in [5.41, 5.74) is 3.16. The molecule has 0 aliphatic heterocycles. The van der Waals surface area contributed by atoms with Gasteiger partial charge in [0.05, 0.1) is 36.3 Å². The van der Waals surface area contributed by atoms with Gasteiger partial charge in [-0.25, -0.2) is 0 Å². The van der Waals surface area contributed by atoms with Crippen LogP contribution in [-0.2, 0) is 0 Å². The molecule has 0 amide bonds. The standard InChI is InChI=1S/C18H16ClN3O2S/c1-24-18-10-7-14(19)12-17(18)21-25-22(23)15-8-5-13(6-9-15)16-4-2-3-11-20-16/h2-12,21,23H,1H3. The molecule has 0 saturated carbocycles. The van der Waals surface area contributed by atoms with Gasteiger partial charge in [0.25, 0.3) is 0 Å². The number of hydrogen-bond acceptors (Lipinski definition) is 6. The minimum atomic E-state index is 0.577. The number of benzene rings is 2. The molecule has 0 unspecified atom stereocenters. The second-order valence-corrected chi connectivity index (χ2v) is 6.24. The molecule has 3 rings (SSSR count). The molecule has 2 aromatic carbocycles. The number of aromatic nitrogens is 1. The fraction of sp³-hybridized carbons (Fsp3) is 0.0556. The molecule has 0 saturated heterocycles. The first-order valence-corrected chi connectivity index (χ1v) is 8.59. The largest absolute Gasteiger partial charge is 0.495 e. The molecule has 7 heteroatoms. The van der Waals surface area contributed by atoms with Crippen molar-refractivity contribution in [1.29, 1.82) is 0 Å². The number of hydrogen-bond donors (Lipinski definition) is 2. The molecule has 5 nitrogen and oxygen atoms in total. The number of pyridine rings is 1. The summed E-state index contributed by atoms with van der Waals surface area (Å²) in [5.74, 6) is 0.635. The third-order valence-corrected chi connectivity index (χ3v) is 4.38. The zero-order valence-corrected chi connectivity index (χ0v) is 15.0. The van der Waals surface area contributed by atoms with E-state index < -0.39 is 0 Å². The van der Waals surface area contributed by atoms with Gasteiger partial charge in [-0.1, -0.05) is 29.8 Å². The summed E-state index contributed by atoms with van der Waals surface area (Å²) in [6.07, 6.45) is 1.75. The number of anilines is 2. The number of rotatable bonds is 6. The average molecular weight is 374 g/mol. The van der Waals surface area contributed by atoms with Gasteiger partial charge < -0.3 is 9.46 Å². The Morgan fingerprint density at radius 1 is 1.12 bits per heavy atom. The SMILES string of the molecule is COc1ccc(Cl)cc1NSN(O)c1ccc(-c2ccccn2)cc1. The van der Waals surface area contributed by atoms with Crippen LogP contribution in [0.3, 0.4) is 0 Å². The van der Waals surface area contributed by atoms with Crippen LogP contribution < -0.4 is 13.9 Å². The zero-order valence-electron chi connectivity index (χ0n) is 13.4. The first-order chi connectivity index (χ1) is 12.2. The predicted molar refractivity (Wildman–Crippen MR) is 103 cm³/mol. The van der Waals surface area contributed by atoms with Gasteiger partial charge in [0.1, 0.15) is 5.75 Å². The van der Waals surface area contributed by atoms with E-state index in [1.54, 1.807) is 31.5 Å². The van der Waals surface area contributed by atoms with E-state index in [-0.39, 0.29) is 0 Å². The normalized spacial score (nSPS) is 10.4. The van der Waals surface area contributed by atoms with Gasteiger partial charge in [-0.3, -0.25) is 10.2 Å². The van der Waals surface area contributed by atoms with E-state index in [4.69, 9.17) is 16.3 Å². The van der Waals surface area contributed by atoms with Crippen LogP contribution >= 0.6 is 23.7 Å². The molecule has 128 valence electrons. The molecule has 0 aliphatic rings. The molecule has 1 heterocycles. The van der Waals surface area contributed by atoms with Crippen LogP contribution in [0.5, 0.6) is 5.75 Å². The maximum absolute atomic E-state index is 10.2. The van der Waals surface area contributed by atoms with Crippen LogP contribution in [-0.4, -0.2) is 17.3 Å². The summed E-state index contributed by atoms with van der Waals surface area (Å²) < 4.78 is 9.31. The molecule has 0 aliphatic carbocycles. The second kappa shape index (κ2) is 8.11. The van der Waals surface area contributed by atoms with Crippen molar-refractivity contribution in [3.63, 3.8) is 0 Å². The van der Waals surface area contributed by atoms with E-state index in [0.29, 0.717) is 22.1 Å². The zero-order chi connectivity index (χ0) is 17.6. The Morgan fingerprint density at radius 2 is 1.92 bits per heavy atom. The minimum Gasteiger partial charge on any atom is -0.495 e. The van der Waals surface area contributed by atoms with E-state index in [0.717, 1.165) is 27.9 Å². The molecular weight excluding hydrogens is 358 g/mol. The number of halogens is 1. The minimum absolute atomic E-state index is 0.577. The summed E-state index contributed by atoms with van der Waals surface area (Å²) >= 11 is 7.00. The molecule has 0 fully saturated rings. The van der Waals surface area contributed by atoms with Crippen molar-refractivity contribution in [2.24, 2.45) is 0 Å². The average Bonchev–Trinajstić information content (AvgIpc) is 2.67. The van der Waals surface area contributed by atoms with Crippen molar-refractivity contribution >= 4 is 35.1 Å². The second-order valence-electron chi connectivity index (χ2n) is 5.07. The Kier molecular flexibility index (Phi) is 5.65. The fourth-order valence-electron chi connectivity index (χ4n) is 2.20. The van der Waals surface area contributed by atoms with Crippen molar-refractivity contribution in [3.8, 4) is 17.0 Å². The van der Waals surface area contributed by atoms with Gasteiger partial charge in [0, 0.05) is 16.8 Å². The maximum Gasteiger partial charge on any atom is 0.142 e. The summed E-state index contributed by atoms with van der Waals surface area (Å²) in [5, 5.41) is 10.8. The molecule has 25 heavy (non-hydrogen) atoms. The van der Waals surface area contributed by atoms with E-state index in [2.05, 4.69) is 9.71 Å². The van der Waals surface area contributed by atoms with E-state index in [9.17, 15) is 5.21 Å². The van der Waals surface area contributed by atoms with E-state index in [1.807, 2.05) is 42.5 Å². The van der Waals surface area contributed by atoms with Crippen LogP contribution in [0, 0.1) is 0 Å². The summed E-state index contributed by atoms with van der Waals surface area (Å²) in [6.45, 7) is 0. The van der Waals surface area contributed by atoms with Crippen LogP contribution in [0.1, 0.15) is 0 Å². The van der Waals surface area contributed by atoms with Crippen molar-refractivity contribution in [1.82, 2.24) is 4.98 Å². The van der Waals surface area contributed by atoms with Crippen molar-refractivity contribution in [3.05, 3.63) is 71.9 Å². The third-order valence-electron chi connectivity index (χ3n) is 3.45. The Labute approximate surface area is 155 Å². The van der Waals surface area contributed by atoms with Gasteiger partial charge in [0.15, 0.2) is 0 Å². The highest BCUT2D eigenvalue weighted by Crippen LogP contribution is 2.31. The summed E-state index contributed by atoms with van der Waals surface area (Å²) in [6, 6.07) is 18.4. The van der Waals surface area contributed by atoms with Crippen molar-refractivity contribution in [2.75, 3.05) is 16.3 Å². The lowest BCUT2D eigenvalue weighted by atomic mass is 10.1. The first kappa shape index (κ1) is 17.4. The number of methoxy groups -OCH3 is 1. The van der Waals surface area contributed by atoms with Crippen LogP contribution in [0.15, 0.2) is 66.9 Å². The number of nitrogens with zero attached hydrogens (tertiary/aromatic N) is 2. The highest BCUT2D eigenvalue weighted by Gasteiger charge is 2.09. The maximum atomic E-state index is 10.2. The van der Waals surface area contributed by atoms with Gasteiger partial charge >= 0.3 is 0 Å². The predicted octanol–water partition coefficient (Wildman–Crippen LogP) is 5.28.